The lowest BCUT2D eigenvalue weighted by molar-refractivity contribution is 0.199. The summed E-state index contributed by atoms with van der Waals surface area (Å²) in [5, 5.41) is 10.4. The summed E-state index contributed by atoms with van der Waals surface area (Å²) in [5.74, 6) is 1.18. The molecule has 3 heteroatoms. The highest BCUT2D eigenvalue weighted by atomic mass is 32.2. The van der Waals surface area contributed by atoms with Crippen LogP contribution in [0.5, 0.6) is 0 Å². The molecule has 1 heterocycles. The Kier molecular flexibility index (Phi) is 3.77. The molecule has 88 valence electrons. The maximum absolute atomic E-state index is 9.77. The second kappa shape index (κ2) is 5.11. The predicted molar refractivity (Wildman–Crippen MR) is 71.2 cm³/mol. The zero-order valence-corrected chi connectivity index (χ0v) is 10.7. The SMILES string of the molecule is CC1CN(c2ccccc2[C@H](C)O)CCS1. The Bertz CT molecular complexity index is 354. The summed E-state index contributed by atoms with van der Waals surface area (Å²) in [6, 6.07) is 8.18. The van der Waals surface area contributed by atoms with Crippen molar-refractivity contribution in [2.45, 2.75) is 25.2 Å². The van der Waals surface area contributed by atoms with Gasteiger partial charge in [-0.1, -0.05) is 25.1 Å². The number of benzene rings is 1. The van der Waals surface area contributed by atoms with E-state index in [1.165, 1.54) is 11.4 Å². The molecule has 1 aromatic carbocycles. The van der Waals surface area contributed by atoms with Crippen molar-refractivity contribution in [2.24, 2.45) is 0 Å². The van der Waals surface area contributed by atoms with Crippen LogP contribution in [-0.4, -0.2) is 29.2 Å². The smallest absolute Gasteiger partial charge is 0.0781 e. The summed E-state index contributed by atoms with van der Waals surface area (Å²) in [7, 11) is 0. The van der Waals surface area contributed by atoms with Gasteiger partial charge in [-0.05, 0) is 13.0 Å². The molecule has 16 heavy (non-hydrogen) atoms. The van der Waals surface area contributed by atoms with Gasteiger partial charge in [0.2, 0.25) is 0 Å². The molecule has 2 atom stereocenters. The molecule has 1 N–H and O–H groups in total. The molecular weight excluding hydrogens is 218 g/mol. The van der Waals surface area contributed by atoms with Gasteiger partial charge in [0.05, 0.1) is 6.10 Å². The number of thioether (sulfide) groups is 1. The molecule has 0 aliphatic carbocycles. The van der Waals surface area contributed by atoms with Gasteiger partial charge in [-0.15, -0.1) is 0 Å². The first-order chi connectivity index (χ1) is 7.68. The third kappa shape index (κ3) is 2.53. The summed E-state index contributed by atoms with van der Waals surface area (Å²) in [5.41, 5.74) is 2.24. The van der Waals surface area contributed by atoms with Crippen LogP contribution < -0.4 is 4.90 Å². The van der Waals surface area contributed by atoms with Crippen LogP contribution >= 0.6 is 11.8 Å². The van der Waals surface area contributed by atoms with Crippen LogP contribution in [0.1, 0.15) is 25.5 Å². The number of rotatable bonds is 2. The van der Waals surface area contributed by atoms with E-state index in [0.717, 1.165) is 18.7 Å². The Hall–Kier alpha value is -0.670. The van der Waals surface area contributed by atoms with E-state index in [9.17, 15) is 5.11 Å². The number of hydrogen-bond acceptors (Lipinski definition) is 3. The fraction of sp³-hybridized carbons (Fsp3) is 0.538. The van der Waals surface area contributed by atoms with Gasteiger partial charge in [0.25, 0.3) is 0 Å². The number of aliphatic hydroxyl groups excluding tert-OH is 1. The minimum Gasteiger partial charge on any atom is -0.389 e. The van der Waals surface area contributed by atoms with Crippen molar-refractivity contribution in [3.63, 3.8) is 0 Å². The van der Waals surface area contributed by atoms with E-state index in [2.05, 4.69) is 17.9 Å². The molecule has 1 unspecified atom stereocenters. The van der Waals surface area contributed by atoms with Crippen molar-refractivity contribution in [1.29, 1.82) is 0 Å². The Morgan fingerprint density at radius 3 is 2.88 bits per heavy atom. The average Bonchev–Trinajstić information content (AvgIpc) is 2.29. The van der Waals surface area contributed by atoms with E-state index in [1.54, 1.807) is 0 Å². The first-order valence-corrected chi connectivity index (χ1v) is 6.87. The highest BCUT2D eigenvalue weighted by molar-refractivity contribution is 8.00. The molecule has 0 aromatic heterocycles. The van der Waals surface area contributed by atoms with Crippen molar-refractivity contribution in [3.8, 4) is 0 Å². The van der Waals surface area contributed by atoms with Crippen LogP contribution in [-0.2, 0) is 0 Å². The summed E-state index contributed by atoms with van der Waals surface area (Å²) in [6.07, 6.45) is -0.388. The molecular formula is C13H19NOS. The first-order valence-electron chi connectivity index (χ1n) is 5.82. The van der Waals surface area contributed by atoms with E-state index < -0.39 is 0 Å². The summed E-state index contributed by atoms with van der Waals surface area (Å²) in [4.78, 5) is 2.39. The molecule has 0 bridgehead atoms. The molecule has 0 amide bonds. The van der Waals surface area contributed by atoms with Gasteiger partial charge in [0.1, 0.15) is 0 Å². The monoisotopic (exact) mass is 237 g/mol. The van der Waals surface area contributed by atoms with E-state index in [0.29, 0.717) is 5.25 Å². The number of anilines is 1. The Labute approximate surface area is 102 Å². The highest BCUT2D eigenvalue weighted by Crippen LogP contribution is 2.29. The predicted octanol–water partition coefficient (Wildman–Crippen LogP) is 2.68. The normalized spacial score (nSPS) is 23.2. The van der Waals surface area contributed by atoms with Gasteiger partial charge in [0, 0.05) is 35.3 Å². The van der Waals surface area contributed by atoms with Gasteiger partial charge in [-0.25, -0.2) is 0 Å². The molecule has 0 saturated carbocycles. The van der Waals surface area contributed by atoms with Crippen molar-refractivity contribution >= 4 is 17.4 Å². The molecule has 2 rings (SSSR count). The summed E-state index contributed by atoms with van der Waals surface area (Å²) >= 11 is 2.03. The van der Waals surface area contributed by atoms with Crippen LogP contribution in [0.4, 0.5) is 5.69 Å². The minimum absolute atomic E-state index is 0.388. The van der Waals surface area contributed by atoms with E-state index in [4.69, 9.17) is 0 Å². The maximum Gasteiger partial charge on any atom is 0.0781 e. The molecule has 1 aliphatic heterocycles. The fourth-order valence-electron chi connectivity index (χ4n) is 2.17. The Balaban J connectivity index is 2.25. The average molecular weight is 237 g/mol. The molecule has 1 aliphatic rings. The van der Waals surface area contributed by atoms with Crippen LogP contribution in [0.15, 0.2) is 24.3 Å². The van der Waals surface area contributed by atoms with Gasteiger partial charge in [0.15, 0.2) is 0 Å². The van der Waals surface area contributed by atoms with E-state index >= 15 is 0 Å². The highest BCUT2D eigenvalue weighted by Gasteiger charge is 2.19. The molecule has 1 fully saturated rings. The standard InChI is InChI=1S/C13H19NOS/c1-10-9-14(7-8-16-10)13-6-4-3-5-12(13)11(2)15/h3-6,10-11,15H,7-9H2,1-2H3/t10?,11-/m0/s1. The molecule has 2 nitrogen and oxygen atoms in total. The summed E-state index contributed by atoms with van der Waals surface area (Å²) in [6.45, 7) is 6.26. The number of para-hydroxylation sites is 1. The lowest BCUT2D eigenvalue weighted by Gasteiger charge is -2.34. The van der Waals surface area contributed by atoms with Crippen LogP contribution in [0, 0.1) is 0 Å². The van der Waals surface area contributed by atoms with E-state index in [1.807, 2.05) is 36.9 Å². The van der Waals surface area contributed by atoms with Crippen molar-refractivity contribution in [2.75, 3.05) is 23.7 Å². The third-order valence-electron chi connectivity index (χ3n) is 2.97. The summed E-state index contributed by atoms with van der Waals surface area (Å²) < 4.78 is 0. The molecule has 0 spiro atoms. The topological polar surface area (TPSA) is 23.5 Å². The van der Waals surface area contributed by atoms with E-state index in [-0.39, 0.29) is 6.10 Å². The second-order valence-electron chi connectivity index (χ2n) is 4.36. The van der Waals surface area contributed by atoms with Crippen molar-refractivity contribution < 1.29 is 5.11 Å². The number of hydrogen-bond donors (Lipinski definition) is 1. The van der Waals surface area contributed by atoms with Gasteiger partial charge in [-0.2, -0.15) is 11.8 Å². The van der Waals surface area contributed by atoms with Crippen LogP contribution in [0.25, 0.3) is 0 Å². The second-order valence-corrected chi connectivity index (χ2v) is 5.91. The zero-order valence-electron chi connectivity index (χ0n) is 9.89. The number of nitrogens with zero attached hydrogens (tertiary/aromatic N) is 1. The quantitative estimate of drug-likeness (QED) is 0.855. The van der Waals surface area contributed by atoms with Gasteiger partial charge < -0.3 is 10.0 Å². The van der Waals surface area contributed by atoms with Crippen molar-refractivity contribution in [3.05, 3.63) is 29.8 Å². The first kappa shape index (κ1) is 11.8. The third-order valence-corrected chi connectivity index (χ3v) is 4.10. The Morgan fingerprint density at radius 1 is 1.44 bits per heavy atom. The Morgan fingerprint density at radius 2 is 2.19 bits per heavy atom. The van der Waals surface area contributed by atoms with Gasteiger partial charge in [-0.3, -0.25) is 0 Å². The van der Waals surface area contributed by atoms with Crippen LogP contribution in [0.2, 0.25) is 0 Å². The molecule has 1 aromatic rings. The lowest BCUT2D eigenvalue weighted by atomic mass is 10.1. The maximum atomic E-state index is 9.77. The largest absolute Gasteiger partial charge is 0.389 e. The molecule has 0 radical (unpaired) electrons. The lowest BCUT2D eigenvalue weighted by Crippen LogP contribution is -2.37. The van der Waals surface area contributed by atoms with Crippen molar-refractivity contribution in [1.82, 2.24) is 0 Å². The minimum atomic E-state index is -0.388. The zero-order chi connectivity index (χ0) is 11.5. The van der Waals surface area contributed by atoms with Gasteiger partial charge >= 0.3 is 0 Å². The number of aliphatic hydroxyl groups is 1. The fourth-order valence-corrected chi connectivity index (χ4v) is 3.18. The van der Waals surface area contributed by atoms with Crippen LogP contribution in [0.3, 0.4) is 0 Å². The molecule has 1 saturated heterocycles.